The van der Waals surface area contributed by atoms with Gasteiger partial charge in [0.2, 0.25) is 0 Å². The number of aliphatic carboxylic acids is 1. The van der Waals surface area contributed by atoms with Crippen LogP contribution in [0, 0.1) is 0 Å². The molecule has 0 aromatic heterocycles. The Morgan fingerprint density at radius 3 is 2.83 bits per heavy atom. The number of piperidine rings is 1. The zero-order valence-corrected chi connectivity index (χ0v) is 14.1. The summed E-state index contributed by atoms with van der Waals surface area (Å²) in [6.45, 7) is 0.393. The number of hydrogen-bond donors (Lipinski definition) is 1. The molecule has 0 radical (unpaired) electrons. The lowest BCUT2D eigenvalue weighted by molar-refractivity contribution is -0.142. The van der Waals surface area contributed by atoms with Gasteiger partial charge in [-0.05, 0) is 37.0 Å². The number of nitrogens with zero attached hydrogens (tertiary/aromatic N) is 2. The Morgan fingerprint density at radius 1 is 1.43 bits per heavy atom. The van der Waals surface area contributed by atoms with Gasteiger partial charge in [-0.2, -0.15) is 17.0 Å². The largest absolute Gasteiger partial charge is 0.497 e. The molecule has 1 aromatic rings. The van der Waals surface area contributed by atoms with Crippen molar-refractivity contribution in [2.45, 2.75) is 31.8 Å². The molecule has 1 aliphatic heterocycles. The number of rotatable bonds is 6. The van der Waals surface area contributed by atoms with Crippen LogP contribution >= 0.6 is 0 Å². The van der Waals surface area contributed by atoms with Crippen LogP contribution in [0.2, 0.25) is 0 Å². The van der Waals surface area contributed by atoms with Crippen molar-refractivity contribution in [1.29, 1.82) is 0 Å². The molecule has 1 atom stereocenters. The smallest absolute Gasteiger partial charge is 0.322 e. The Morgan fingerprint density at radius 2 is 2.17 bits per heavy atom. The number of benzene rings is 1. The summed E-state index contributed by atoms with van der Waals surface area (Å²) < 4.78 is 32.8. The van der Waals surface area contributed by atoms with E-state index in [2.05, 4.69) is 0 Å². The van der Waals surface area contributed by atoms with Crippen LogP contribution in [0.4, 0.5) is 0 Å². The summed E-state index contributed by atoms with van der Waals surface area (Å²) in [5.41, 5.74) is 0.777. The molecule has 1 aromatic carbocycles. The maximum Gasteiger partial charge on any atom is 0.322 e. The summed E-state index contributed by atoms with van der Waals surface area (Å²) in [4.78, 5) is 11.3. The number of hydrogen-bond acceptors (Lipinski definition) is 4. The zero-order chi connectivity index (χ0) is 17.0. The third-order valence-corrected chi connectivity index (χ3v) is 5.91. The molecule has 1 fully saturated rings. The van der Waals surface area contributed by atoms with Crippen molar-refractivity contribution in [2.24, 2.45) is 0 Å². The molecule has 1 saturated heterocycles. The number of carboxylic acid groups (broad SMARTS) is 1. The van der Waals surface area contributed by atoms with Crippen LogP contribution in [0.3, 0.4) is 0 Å². The summed E-state index contributed by atoms with van der Waals surface area (Å²) in [6.07, 6.45) is 1.75. The maximum absolute atomic E-state index is 12.7. The van der Waals surface area contributed by atoms with Crippen molar-refractivity contribution in [1.82, 2.24) is 8.61 Å². The highest BCUT2D eigenvalue weighted by molar-refractivity contribution is 7.86. The van der Waals surface area contributed by atoms with Gasteiger partial charge in [0.25, 0.3) is 10.2 Å². The van der Waals surface area contributed by atoms with Gasteiger partial charge in [0.05, 0.1) is 7.11 Å². The molecule has 0 spiro atoms. The Bertz CT molecular complexity index is 662. The molecule has 0 unspecified atom stereocenters. The fourth-order valence-corrected chi connectivity index (χ4v) is 4.26. The van der Waals surface area contributed by atoms with Gasteiger partial charge in [0.1, 0.15) is 11.8 Å². The molecule has 0 saturated carbocycles. The zero-order valence-electron chi connectivity index (χ0n) is 13.3. The molecule has 128 valence electrons. The van der Waals surface area contributed by atoms with Crippen molar-refractivity contribution >= 4 is 16.2 Å². The van der Waals surface area contributed by atoms with E-state index in [-0.39, 0.29) is 13.1 Å². The number of ether oxygens (including phenoxy) is 1. The molecule has 0 aliphatic carbocycles. The second-order valence-corrected chi connectivity index (χ2v) is 7.56. The van der Waals surface area contributed by atoms with E-state index in [0.29, 0.717) is 18.6 Å². The van der Waals surface area contributed by atoms with Crippen molar-refractivity contribution in [3.63, 3.8) is 0 Å². The van der Waals surface area contributed by atoms with Gasteiger partial charge in [-0.15, -0.1) is 0 Å². The third kappa shape index (κ3) is 4.01. The minimum Gasteiger partial charge on any atom is -0.497 e. The molecule has 23 heavy (non-hydrogen) atoms. The van der Waals surface area contributed by atoms with Gasteiger partial charge in [0.15, 0.2) is 0 Å². The average Bonchev–Trinajstić information content (AvgIpc) is 2.54. The van der Waals surface area contributed by atoms with Gasteiger partial charge < -0.3 is 9.84 Å². The highest BCUT2D eigenvalue weighted by atomic mass is 32.2. The van der Waals surface area contributed by atoms with Gasteiger partial charge in [-0.25, -0.2) is 0 Å². The van der Waals surface area contributed by atoms with Crippen LogP contribution in [0.25, 0.3) is 0 Å². The number of methoxy groups -OCH3 is 1. The van der Waals surface area contributed by atoms with E-state index < -0.39 is 22.2 Å². The summed E-state index contributed by atoms with van der Waals surface area (Å²) >= 11 is 0. The van der Waals surface area contributed by atoms with Gasteiger partial charge in [-0.1, -0.05) is 12.1 Å². The fraction of sp³-hybridized carbons (Fsp3) is 0.533. The van der Waals surface area contributed by atoms with Crippen molar-refractivity contribution in [3.05, 3.63) is 29.8 Å². The average molecular weight is 342 g/mol. The molecule has 2 rings (SSSR count). The summed E-state index contributed by atoms with van der Waals surface area (Å²) in [5, 5.41) is 9.27. The normalized spacial score (nSPS) is 19.7. The summed E-state index contributed by atoms with van der Waals surface area (Å²) in [6, 6.07) is 6.15. The van der Waals surface area contributed by atoms with E-state index in [9.17, 15) is 18.3 Å². The van der Waals surface area contributed by atoms with Crippen molar-refractivity contribution in [3.8, 4) is 5.75 Å². The minimum absolute atomic E-state index is 0.155. The fourth-order valence-electron chi connectivity index (χ4n) is 2.72. The Balaban J connectivity index is 2.18. The molecule has 1 N–H and O–H groups in total. The predicted octanol–water partition coefficient (Wildman–Crippen LogP) is 1.31. The standard InChI is InChI=1S/C15H22N2O5S/c1-16(11-12-6-5-7-13(10-12)22-2)23(20,21)17-9-4-3-8-14(17)15(18)19/h5-7,10,14H,3-4,8-9,11H2,1-2H3,(H,18,19)/t14-/m1/s1. The lowest BCUT2D eigenvalue weighted by Gasteiger charge is -2.34. The maximum atomic E-state index is 12.7. The molecule has 8 heteroatoms. The number of carbonyl (C=O) groups is 1. The number of carboxylic acids is 1. The first-order valence-electron chi connectivity index (χ1n) is 7.45. The highest BCUT2D eigenvalue weighted by Gasteiger charge is 2.38. The SMILES string of the molecule is COc1cccc(CN(C)S(=O)(=O)N2CCCC[C@@H]2C(=O)O)c1. The first-order valence-corrected chi connectivity index (χ1v) is 8.85. The van der Waals surface area contributed by atoms with Crippen molar-refractivity contribution < 1.29 is 23.1 Å². The highest BCUT2D eigenvalue weighted by Crippen LogP contribution is 2.24. The molecule has 0 amide bonds. The van der Waals surface area contributed by atoms with Crippen LogP contribution in [-0.4, -0.2) is 54.8 Å². The molecule has 0 bridgehead atoms. The molecular weight excluding hydrogens is 320 g/mol. The van der Waals surface area contributed by atoms with Crippen molar-refractivity contribution in [2.75, 3.05) is 20.7 Å². The lowest BCUT2D eigenvalue weighted by Crippen LogP contribution is -2.52. The first kappa shape index (κ1) is 17.7. The van der Waals surface area contributed by atoms with Crippen LogP contribution < -0.4 is 4.74 Å². The van der Waals surface area contributed by atoms with E-state index in [1.807, 2.05) is 0 Å². The van der Waals surface area contributed by atoms with E-state index in [1.54, 1.807) is 31.4 Å². The van der Waals surface area contributed by atoms with Crippen LogP contribution in [0.1, 0.15) is 24.8 Å². The summed E-state index contributed by atoms with van der Waals surface area (Å²) in [7, 11) is -0.822. The quantitative estimate of drug-likeness (QED) is 0.842. The summed E-state index contributed by atoms with van der Waals surface area (Å²) in [5.74, 6) is -0.447. The van der Waals surface area contributed by atoms with E-state index in [0.717, 1.165) is 16.3 Å². The molecular formula is C15H22N2O5S. The van der Waals surface area contributed by atoms with Gasteiger partial charge in [0, 0.05) is 20.1 Å². The topological polar surface area (TPSA) is 87.2 Å². The molecule has 1 aliphatic rings. The first-order chi connectivity index (χ1) is 10.9. The van der Waals surface area contributed by atoms with E-state index >= 15 is 0 Å². The Kier molecular flexibility index (Phi) is 5.61. The minimum atomic E-state index is -3.83. The predicted molar refractivity (Wildman–Crippen MR) is 85.4 cm³/mol. The Hall–Kier alpha value is -1.64. The van der Waals surface area contributed by atoms with Crippen LogP contribution in [0.15, 0.2) is 24.3 Å². The van der Waals surface area contributed by atoms with Crippen LogP contribution in [0.5, 0.6) is 5.75 Å². The van der Waals surface area contributed by atoms with E-state index in [4.69, 9.17) is 4.74 Å². The second kappa shape index (κ2) is 7.29. The third-order valence-electron chi connectivity index (χ3n) is 3.97. The monoisotopic (exact) mass is 342 g/mol. The van der Waals surface area contributed by atoms with Crippen LogP contribution in [-0.2, 0) is 21.5 Å². The lowest BCUT2D eigenvalue weighted by atomic mass is 10.1. The second-order valence-electron chi connectivity index (χ2n) is 5.58. The molecule has 1 heterocycles. The van der Waals surface area contributed by atoms with Gasteiger partial charge in [-0.3, -0.25) is 4.79 Å². The molecule has 7 nitrogen and oxygen atoms in total. The van der Waals surface area contributed by atoms with E-state index in [1.165, 1.54) is 11.4 Å². The van der Waals surface area contributed by atoms with Gasteiger partial charge >= 0.3 is 5.97 Å². The Labute approximate surface area is 136 Å².